The molecule has 22 heavy (non-hydrogen) atoms. The van der Waals surface area contributed by atoms with Crippen LogP contribution >= 0.6 is 0 Å². The molecule has 0 spiro atoms. The molecule has 118 valence electrons. The van der Waals surface area contributed by atoms with Crippen LogP contribution in [0.1, 0.15) is 63.8 Å². The topological polar surface area (TPSA) is 63.6 Å². The van der Waals surface area contributed by atoms with Gasteiger partial charge in [-0.15, -0.1) is 0 Å². The zero-order chi connectivity index (χ0) is 16.1. The molecule has 0 amide bonds. The van der Waals surface area contributed by atoms with Crippen LogP contribution in [0.4, 0.5) is 0 Å². The van der Waals surface area contributed by atoms with Gasteiger partial charge in [-0.05, 0) is 44.4 Å². The molecule has 0 unspecified atom stereocenters. The fourth-order valence-electron chi connectivity index (χ4n) is 2.43. The first kappa shape index (κ1) is 16.2. The Morgan fingerprint density at radius 3 is 2.82 bits per heavy atom. The SMILES string of the molecule is CCCc1cc(=O)[nH]c(/C(=C\c2ccnn2C(C)C)CC)n1. The van der Waals surface area contributed by atoms with E-state index in [0.717, 1.165) is 36.2 Å². The number of nitrogens with zero attached hydrogens (tertiary/aromatic N) is 3. The number of hydrogen-bond donors (Lipinski definition) is 1. The van der Waals surface area contributed by atoms with Gasteiger partial charge in [-0.25, -0.2) is 4.98 Å². The summed E-state index contributed by atoms with van der Waals surface area (Å²) in [5.74, 6) is 0.662. The predicted molar refractivity (Wildman–Crippen MR) is 89.6 cm³/mol. The van der Waals surface area contributed by atoms with E-state index in [1.807, 2.05) is 10.7 Å². The quantitative estimate of drug-likeness (QED) is 0.888. The maximum Gasteiger partial charge on any atom is 0.251 e. The van der Waals surface area contributed by atoms with Gasteiger partial charge in [-0.1, -0.05) is 20.3 Å². The molecular weight excluding hydrogens is 276 g/mol. The van der Waals surface area contributed by atoms with Crippen LogP contribution in [0.25, 0.3) is 11.6 Å². The molecule has 0 saturated heterocycles. The number of nitrogens with one attached hydrogen (secondary N) is 1. The Balaban J connectivity index is 2.45. The third-order valence-corrected chi connectivity index (χ3v) is 3.50. The van der Waals surface area contributed by atoms with E-state index < -0.39 is 0 Å². The molecule has 2 aromatic rings. The highest BCUT2D eigenvalue weighted by molar-refractivity contribution is 5.77. The van der Waals surface area contributed by atoms with Crippen LogP contribution in [0.2, 0.25) is 0 Å². The molecule has 0 bridgehead atoms. The number of aryl methyl sites for hydroxylation is 1. The molecule has 0 aromatic carbocycles. The highest BCUT2D eigenvalue weighted by Gasteiger charge is 2.09. The van der Waals surface area contributed by atoms with Crippen molar-refractivity contribution in [2.24, 2.45) is 0 Å². The minimum atomic E-state index is -0.0924. The molecule has 5 heteroatoms. The molecule has 0 aliphatic rings. The lowest BCUT2D eigenvalue weighted by atomic mass is 10.1. The summed E-state index contributed by atoms with van der Waals surface area (Å²) in [5, 5.41) is 4.34. The fourth-order valence-corrected chi connectivity index (χ4v) is 2.43. The van der Waals surface area contributed by atoms with Crippen molar-refractivity contribution in [3.63, 3.8) is 0 Å². The number of H-pyrrole nitrogens is 1. The molecule has 0 aliphatic carbocycles. The van der Waals surface area contributed by atoms with Gasteiger partial charge in [0, 0.05) is 24.0 Å². The van der Waals surface area contributed by atoms with Crippen LogP contribution in [0.3, 0.4) is 0 Å². The zero-order valence-electron chi connectivity index (χ0n) is 13.8. The first-order chi connectivity index (χ1) is 10.5. The Bertz CT molecular complexity index is 709. The summed E-state index contributed by atoms with van der Waals surface area (Å²) in [5.41, 5.74) is 2.79. The van der Waals surface area contributed by atoms with Crippen molar-refractivity contribution in [2.75, 3.05) is 0 Å². The normalized spacial score (nSPS) is 12.1. The Hall–Kier alpha value is -2.17. The maximum atomic E-state index is 11.8. The van der Waals surface area contributed by atoms with Gasteiger partial charge in [0.05, 0.1) is 5.69 Å². The summed E-state index contributed by atoms with van der Waals surface area (Å²) >= 11 is 0. The summed E-state index contributed by atoms with van der Waals surface area (Å²) in [6.07, 6.45) is 6.44. The number of rotatable bonds is 6. The number of hydrogen-bond acceptors (Lipinski definition) is 3. The molecule has 1 N–H and O–H groups in total. The van der Waals surface area contributed by atoms with Gasteiger partial charge in [0.2, 0.25) is 0 Å². The summed E-state index contributed by atoms with van der Waals surface area (Å²) in [6, 6.07) is 3.85. The molecule has 5 nitrogen and oxygen atoms in total. The monoisotopic (exact) mass is 300 g/mol. The van der Waals surface area contributed by atoms with Crippen molar-refractivity contribution in [1.29, 1.82) is 0 Å². The van der Waals surface area contributed by atoms with Gasteiger partial charge in [-0.2, -0.15) is 5.10 Å². The van der Waals surface area contributed by atoms with Crippen molar-refractivity contribution in [3.8, 4) is 0 Å². The standard InChI is InChI=1S/C17H24N4O/c1-5-7-14-11-16(22)20-17(19-14)13(6-2)10-15-8-9-18-21(15)12(3)4/h8-12H,5-7H2,1-4H3,(H,19,20,22)/b13-10-. The van der Waals surface area contributed by atoms with Crippen molar-refractivity contribution in [2.45, 2.75) is 53.0 Å². The van der Waals surface area contributed by atoms with Gasteiger partial charge >= 0.3 is 0 Å². The average Bonchev–Trinajstić information content (AvgIpc) is 2.92. The molecule has 2 rings (SSSR count). The highest BCUT2D eigenvalue weighted by atomic mass is 16.1. The van der Waals surface area contributed by atoms with Gasteiger partial charge in [0.15, 0.2) is 0 Å². The molecule has 0 atom stereocenters. The van der Waals surface area contributed by atoms with Crippen molar-refractivity contribution >= 4 is 11.6 Å². The third-order valence-electron chi connectivity index (χ3n) is 3.50. The Kier molecular flexibility index (Phi) is 5.31. The number of allylic oxidation sites excluding steroid dienone is 1. The minimum Gasteiger partial charge on any atom is -0.307 e. The number of aromatic nitrogens is 4. The largest absolute Gasteiger partial charge is 0.307 e. The molecular formula is C17H24N4O. The first-order valence-electron chi connectivity index (χ1n) is 7.89. The zero-order valence-corrected chi connectivity index (χ0v) is 13.8. The summed E-state index contributed by atoms with van der Waals surface area (Å²) in [4.78, 5) is 19.3. The first-order valence-corrected chi connectivity index (χ1v) is 7.89. The molecule has 0 radical (unpaired) electrons. The molecule has 0 fully saturated rings. The third kappa shape index (κ3) is 3.72. The van der Waals surface area contributed by atoms with E-state index in [1.165, 1.54) is 0 Å². The van der Waals surface area contributed by atoms with E-state index >= 15 is 0 Å². The lowest BCUT2D eigenvalue weighted by molar-refractivity contribution is 0.528. The number of aromatic amines is 1. The van der Waals surface area contributed by atoms with E-state index in [2.05, 4.69) is 48.8 Å². The minimum absolute atomic E-state index is 0.0924. The van der Waals surface area contributed by atoms with E-state index in [0.29, 0.717) is 5.82 Å². The highest BCUT2D eigenvalue weighted by Crippen LogP contribution is 2.19. The molecule has 2 aromatic heterocycles. The van der Waals surface area contributed by atoms with Crippen LogP contribution in [0, 0.1) is 0 Å². The van der Waals surface area contributed by atoms with E-state index in [1.54, 1.807) is 12.3 Å². The predicted octanol–water partition coefficient (Wildman–Crippen LogP) is 3.45. The van der Waals surface area contributed by atoms with Crippen LogP contribution in [-0.2, 0) is 6.42 Å². The van der Waals surface area contributed by atoms with Gasteiger partial charge in [-0.3, -0.25) is 9.48 Å². The summed E-state index contributed by atoms with van der Waals surface area (Å²) in [6.45, 7) is 8.34. The average molecular weight is 300 g/mol. The Labute approximate surface area is 131 Å². The smallest absolute Gasteiger partial charge is 0.251 e. The second-order valence-electron chi connectivity index (χ2n) is 5.65. The van der Waals surface area contributed by atoms with E-state index in [4.69, 9.17) is 0 Å². The lowest BCUT2D eigenvalue weighted by Crippen LogP contribution is -2.12. The van der Waals surface area contributed by atoms with Crippen molar-refractivity contribution < 1.29 is 0 Å². The van der Waals surface area contributed by atoms with Crippen LogP contribution in [-0.4, -0.2) is 19.7 Å². The van der Waals surface area contributed by atoms with Crippen LogP contribution in [0.15, 0.2) is 23.1 Å². The van der Waals surface area contributed by atoms with Crippen molar-refractivity contribution in [1.82, 2.24) is 19.7 Å². The Morgan fingerprint density at radius 2 is 2.18 bits per heavy atom. The van der Waals surface area contributed by atoms with Gasteiger partial charge < -0.3 is 4.98 Å². The van der Waals surface area contributed by atoms with Gasteiger partial charge in [0.25, 0.3) is 5.56 Å². The Morgan fingerprint density at radius 1 is 1.41 bits per heavy atom. The fraction of sp³-hybridized carbons (Fsp3) is 0.471. The van der Waals surface area contributed by atoms with Gasteiger partial charge in [0.1, 0.15) is 5.82 Å². The second kappa shape index (κ2) is 7.20. The molecule has 2 heterocycles. The second-order valence-corrected chi connectivity index (χ2v) is 5.65. The molecule has 0 saturated carbocycles. The van der Waals surface area contributed by atoms with Crippen LogP contribution in [0.5, 0.6) is 0 Å². The van der Waals surface area contributed by atoms with E-state index in [-0.39, 0.29) is 11.6 Å². The lowest BCUT2D eigenvalue weighted by Gasteiger charge is -2.10. The van der Waals surface area contributed by atoms with Crippen molar-refractivity contribution in [3.05, 3.63) is 45.9 Å². The molecule has 0 aliphatic heterocycles. The maximum absolute atomic E-state index is 11.8. The van der Waals surface area contributed by atoms with E-state index in [9.17, 15) is 4.79 Å². The summed E-state index contributed by atoms with van der Waals surface area (Å²) < 4.78 is 1.96. The summed E-state index contributed by atoms with van der Waals surface area (Å²) in [7, 11) is 0. The van der Waals surface area contributed by atoms with Crippen LogP contribution < -0.4 is 5.56 Å².